The molecular formula is C24H27N3O4. The van der Waals surface area contributed by atoms with E-state index in [1.54, 1.807) is 29.2 Å². The molecule has 4 rings (SSSR count). The van der Waals surface area contributed by atoms with E-state index in [2.05, 4.69) is 23.5 Å². The molecule has 2 aromatic rings. The third-order valence-electron chi connectivity index (χ3n) is 5.65. The van der Waals surface area contributed by atoms with Gasteiger partial charge in [0, 0.05) is 25.3 Å². The van der Waals surface area contributed by atoms with Gasteiger partial charge < -0.3 is 20.1 Å². The zero-order valence-electron chi connectivity index (χ0n) is 17.4. The summed E-state index contributed by atoms with van der Waals surface area (Å²) in [6, 6.07) is 14.7. The highest BCUT2D eigenvalue weighted by Gasteiger charge is 2.25. The summed E-state index contributed by atoms with van der Waals surface area (Å²) in [4.78, 5) is 28.2. The first-order chi connectivity index (χ1) is 15.1. The fourth-order valence-electron chi connectivity index (χ4n) is 3.89. The zero-order chi connectivity index (χ0) is 21.6. The van der Waals surface area contributed by atoms with Crippen molar-refractivity contribution in [3.05, 3.63) is 71.3 Å². The number of nitrogens with one attached hydrogen (secondary N) is 1. The molecule has 0 bridgehead atoms. The van der Waals surface area contributed by atoms with Gasteiger partial charge in [0.25, 0.3) is 0 Å². The number of carbonyl (C=O) groups excluding carboxylic acids is 1. The Hall–Kier alpha value is -3.16. The summed E-state index contributed by atoms with van der Waals surface area (Å²) in [6.07, 6.45) is 3.15. The lowest BCUT2D eigenvalue weighted by molar-refractivity contribution is 0.0548. The molecule has 7 nitrogen and oxygen atoms in total. The Kier molecular flexibility index (Phi) is 6.64. The highest BCUT2D eigenvalue weighted by atomic mass is 16.5. The van der Waals surface area contributed by atoms with E-state index < -0.39 is 5.97 Å². The second kappa shape index (κ2) is 9.76. The van der Waals surface area contributed by atoms with Crippen LogP contribution in [0, 0.1) is 0 Å². The molecular weight excluding hydrogens is 394 g/mol. The van der Waals surface area contributed by atoms with E-state index in [1.165, 1.54) is 5.57 Å². The Labute approximate surface area is 181 Å². The summed E-state index contributed by atoms with van der Waals surface area (Å²) in [5, 5.41) is 12.5. The van der Waals surface area contributed by atoms with E-state index in [0.29, 0.717) is 32.8 Å². The number of hydrogen-bond donors (Lipinski definition) is 2. The number of benzene rings is 2. The zero-order valence-corrected chi connectivity index (χ0v) is 17.4. The maximum atomic E-state index is 13.4. The van der Waals surface area contributed by atoms with Crippen molar-refractivity contribution in [3.8, 4) is 0 Å². The number of carboxylic acid groups (broad SMARTS) is 1. The second-order valence-electron chi connectivity index (χ2n) is 7.70. The Balaban J connectivity index is 1.64. The van der Waals surface area contributed by atoms with Gasteiger partial charge in [0.1, 0.15) is 0 Å². The Morgan fingerprint density at radius 1 is 1.10 bits per heavy atom. The normalized spacial score (nSPS) is 16.5. The van der Waals surface area contributed by atoms with Crippen LogP contribution in [0.1, 0.15) is 27.9 Å². The molecule has 0 atom stereocenters. The van der Waals surface area contributed by atoms with Gasteiger partial charge in [0.15, 0.2) is 0 Å². The average molecular weight is 421 g/mol. The van der Waals surface area contributed by atoms with Crippen molar-refractivity contribution in [1.82, 2.24) is 10.2 Å². The van der Waals surface area contributed by atoms with Crippen LogP contribution in [-0.2, 0) is 11.3 Å². The van der Waals surface area contributed by atoms with Crippen LogP contribution in [0.25, 0.3) is 5.57 Å². The summed E-state index contributed by atoms with van der Waals surface area (Å²) in [7, 11) is 0. The van der Waals surface area contributed by atoms with Gasteiger partial charge in [-0.05, 0) is 53.9 Å². The van der Waals surface area contributed by atoms with Crippen molar-refractivity contribution in [1.29, 1.82) is 0 Å². The molecule has 2 aliphatic heterocycles. The molecule has 2 heterocycles. The predicted molar refractivity (Wildman–Crippen MR) is 119 cm³/mol. The second-order valence-corrected chi connectivity index (χ2v) is 7.70. The van der Waals surface area contributed by atoms with E-state index in [9.17, 15) is 9.59 Å². The first kappa shape index (κ1) is 21.1. The molecule has 0 spiro atoms. The van der Waals surface area contributed by atoms with E-state index in [-0.39, 0.29) is 11.6 Å². The van der Waals surface area contributed by atoms with Crippen molar-refractivity contribution < 1.29 is 19.4 Å². The molecule has 2 amide bonds. The standard InChI is InChI=1S/C24H27N3O4/c28-23(29)20-6-4-18(5-7-20)17-27(24(30)26-12-14-31-15-13-26)22-3-1-2-21(16-22)19-8-10-25-11-9-19/h1-8,16,25H,9-15,17H2,(H,28,29). The van der Waals surface area contributed by atoms with Crippen LogP contribution >= 0.6 is 0 Å². The minimum Gasteiger partial charge on any atom is -0.478 e. The van der Waals surface area contributed by atoms with Crippen molar-refractivity contribution >= 4 is 23.3 Å². The van der Waals surface area contributed by atoms with Crippen molar-refractivity contribution in [2.45, 2.75) is 13.0 Å². The highest BCUT2D eigenvalue weighted by molar-refractivity contribution is 5.93. The number of urea groups is 1. The topological polar surface area (TPSA) is 82.1 Å². The lowest BCUT2D eigenvalue weighted by Crippen LogP contribution is -2.48. The first-order valence-corrected chi connectivity index (χ1v) is 10.6. The molecule has 0 saturated carbocycles. The summed E-state index contributed by atoms with van der Waals surface area (Å²) in [5.74, 6) is -0.962. The van der Waals surface area contributed by atoms with Crippen LogP contribution in [0.5, 0.6) is 0 Å². The number of rotatable bonds is 5. The number of morpholine rings is 1. The maximum absolute atomic E-state index is 13.4. The van der Waals surface area contributed by atoms with Gasteiger partial charge in [-0.15, -0.1) is 0 Å². The third kappa shape index (κ3) is 5.13. The molecule has 7 heteroatoms. The predicted octanol–water partition coefficient (Wildman–Crippen LogP) is 3.22. The van der Waals surface area contributed by atoms with Gasteiger partial charge in [0.2, 0.25) is 0 Å². The number of carbonyl (C=O) groups is 2. The monoisotopic (exact) mass is 421 g/mol. The number of nitrogens with zero attached hydrogens (tertiary/aromatic N) is 2. The number of carboxylic acids is 1. The lowest BCUT2D eigenvalue weighted by atomic mass is 9.99. The van der Waals surface area contributed by atoms with Gasteiger partial charge in [-0.1, -0.05) is 30.3 Å². The highest BCUT2D eigenvalue weighted by Crippen LogP contribution is 2.27. The van der Waals surface area contributed by atoms with Crippen molar-refractivity contribution in [3.63, 3.8) is 0 Å². The van der Waals surface area contributed by atoms with E-state index >= 15 is 0 Å². The molecule has 0 aromatic heterocycles. The van der Waals surface area contributed by atoms with Crippen LogP contribution in [0.3, 0.4) is 0 Å². The quantitative estimate of drug-likeness (QED) is 0.775. The van der Waals surface area contributed by atoms with Gasteiger partial charge in [-0.3, -0.25) is 4.90 Å². The first-order valence-electron chi connectivity index (χ1n) is 10.6. The van der Waals surface area contributed by atoms with Crippen LogP contribution < -0.4 is 10.2 Å². The fourth-order valence-corrected chi connectivity index (χ4v) is 3.89. The summed E-state index contributed by atoms with van der Waals surface area (Å²) >= 11 is 0. The fraction of sp³-hybridized carbons (Fsp3) is 0.333. The Bertz CT molecular complexity index is 965. The maximum Gasteiger partial charge on any atom is 0.335 e. The van der Waals surface area contributed by atoms with Gasteiger partial charge >= 0.3 is 12.0 Å². The van der Waals surface area contributed by atoms with Crippen molar-refractivity contribution in [2.75, 3.05) is 44.3 Å². The molecule has 2 aromatic carbocycles. The third-order valence-corrected chi connectivity index (χ3v) is 5.65. The minimum atomic E-state index is -0.962. The summed E-state index contributed by atoms with van der Waals surface area (Å²) < 4.78 is 5.41. The molecule has 162 valence electrons. The number of ether oxygens (including phenoxy) is 1. The minimum absolute atomic E-state index is 0.0675. The molecule has 31 heavy (non-hydrogen) atoms. The number of aromatic carboxylic acids is 1. The van der Waals surface area contributed by atoms with Crippen LogP contribution in [0.15, 0.2) is 54.6 Å². The van der Waals surface area contributed by atoms with Gasteiger partial charge in [0.05, 0.1) is 25.3 Å². The molecule has 0 radical (unpaired) electrons. The van der Waals surface area contributed by atoms with E-state index in [1.807, 2.05) is 17.0 Å². The Morgan fingerprint density at radius 3 is 2.55 bits per heavy atom. The number of anilines is 1. The smallest absolute Gasteiger partial charge is 0.335 e. The largest absolute Gasteiger partial charge is 0.478 e. The van der Waals surface area contributed by atoms with E-state index in [4.69, 9.17) is 9.84 Å². The van der Waals surface area contributed by atoms with Crippen molar-refractivity contribution in [2.24, 2.45) is 0 Å². The summed E-state index contributed by atoms with van der Waals surface area (Å²) in [5.41, 5.74) is 4.34. The number of amides is 2. The van der Waals surface area contributed by atoms with Crippen LogP contribution in [0.2, 0.25) is 0 Å². The molecule has 2 N–H and O–H groups in total. The average Bonchev–Trinajstić information content (AvgIpc) is 2.83. The number of hydrogen-bond acceptors (Lipinski definition) is 4. The SMILES string of the molecule is O=C(O)c1ccc(CN(C(=O)N2CCOCC2)c2cccc(C3=CCNCC3)c2)cc1. The van der Waals surface area contributed by atoms with Crippen LogP contribution in [-0.4, -0.2) is 61.4 Å². The lowest BCUT2D eigenvalue weighted by Gasteiger charge is -2.33. The van der Waals surface area contributed by atoms with Crippen LogP contribution in [0.4, 0.5) is 10.5 Å². The molecule has 0 aliphatic carbocycles. The van der Waals surface area contributed by atoms with Gasteiger partial charge in [-0.25, -0.2) is 9.59 Å². The summed E-state index contributed by atoms with van der Waals surface area (Å²) in [6.45, 7) is 4.35. The molecule has 1 saturated heterocycles. The molecule has 1 fully saturated rings. The molecule has 2 aliphatic rings. The van der Waals surface area contributed by atoms with E-state index in [0.717, 1.165) is 36.3 Å². The molecule has 0 unspecified atom stereocenters. The Morgan fingerprint density at radius 2 is 1.87 bits per heavy atom. The van der Waals surface area contributed by atoms with Gasteiger partial charge in [-0.2, -0.15) is 0 Å².